The van der Waals surface area contributed by atoms with Crippen LogP contribution >= 0.6 is 11.3 Å². The number of aromatic hydroxyl groups is 1. The van der Waals surface area contributed by atoms with E-state index in [4.69, 9.17) is 4.74 Å². The zero-order chi connectivity index (χ0) is 19.7. The fraction of sp³-hybridized carbons (Fsp3) is 0.381. The van der Waals surface area contributed by atoms with Crippen molar-refractivity contribution in [2.75, 3.05) is 24.6 Å². The first-order chi connectivity index (χ1) is 13.6. The number of ether oxygens (including phenoxy) is 1. The van der Waals surface area contributed by atoms with E-state index >= 15 is 0 Å². The second kappa shape index (κ2) is 7.75. The Bertz CT molecular complexity index is 956. The first kappa shape index (κ1) is 18.7. The first-order valence-electron chi connectivity index (χ1n) is 9.55. The Balaban J connectivity index is 1.51. The summed E-state index contributed by atoms with van der Waals surface area (Å²) in [4.78, 5) is 23.7. The van der Waals surface area contributed by atoms with Crippen LogP contribution in [0, 0.1) is 5.92 Å². The standard InChI is InChI=1S/C21H23N3O3S/c1-3-27-20(26)14-8-10-24(11-9-14)21-23-19(25)18(28-21)12-16-13(2)22-17-7-5-4-6-15(16)17/h4-7,12,14,25H,3,8-11H2,1-2H3/b16-12+. The summed E-state index contributed by atoms with van der Waals surface area (Å²) >= 11 is 1.47. The van der Waals surface area contributed by atoms with Gasteiger partial charge in [0.1, 0.15) is 0 Å². The van der Waals surface area contributed by atoms with Gasteiger partial charge in [-0.2, -0.15) is 4.98 Å². The smallest absolute Gasteiger partial charge is 0.309 e. The number of hydrogen-bond donors (Lipinski definition) is 1. The maximum Gasteiger partial charge on any atom is 0.309 e. The molecule has 28 heavy (non-hydrogen) atoms. The van der Waals surface area contributed by atoms with Gasteiger partial charge in [-0.05, 0) is 38.8 Å². The minimum absolute atomic E-state index is 0.0391. The van der Waals surface area contributed by atoms with Crippen LogP contribution in [0.15, 0.2) is 29.3 Å². The molecule has 1 aromatic heterocycles. The Kier molecular flexibility index (Phi) is 5.17. The van der Waals surface area contributed by atoms with E-state index < -0.39 is 0 Å². The predicted octanol–water partition coefficient (Wildman–Crippen LogP) is 4.27. The Morgan fingerprint density at radius 1 is 1.36 bits per heavy atom. The molecule has 1 saturated heterocycles. The second-order valence-corrected chi connectivity index (χ2v) is 7.98. The molecule has 0 unspecified atom stereocenters. The van der Waals surface area contributed by atoms with E-state index in [9.17, 15) is 9.90 Å². The molecule has 4 rings (SSSR count). The van der Waals surface area contributed by atoms with Gasteiger partial charge in [0.25, 0.3) is 0 Å². The topological polar surface area (TPSA) is 75.0 Å². The monoisotopic (exact) mass is 397 g/mol. The molecule has 0 bridgehead atoms. The van der Waals surface area contributed by atoms with Crippen LogP contribution in [-0.2, 0) is 9.53 Å². The lowest BCUT2D eigenvalue weighted by molar-refractivity contribution is -0.148. The van der Waals surface area contributed by atoms with Crippen molar-refractivity contribution in [1.29, 1.82) is 0 Å². The lowest BCUT2D eigenvalue weighted by Gasteiger charge is -2.30. The van der Waals surface area contributed by atoms with Gasteiger partial charge in [0.05, 0.1) is 23.1 Å². The molecule has 6 nitrogen and oxygen atoms in total. The molecule has 0 spiro atoms. The van der Waals surface area contributed by atoms with Crippen LogP contribution in [0.4, 0.5) is 10.8 Å². The highest BCUT2D eigenvalue weighted by atomic mass is 32.1. The van der Waals surface area contributed by atoms with E-state index in [0.29, 0.717) is 6.61 Å². The number of rotatable bonds is 4. The van der Waals surface area contributed by atoms with Crippen molar-refractivity contribution in [3.05, 3.63) is 34.7 Å². The average molecular weight is 398 g/mol. The van der Waals surface area contributed by atoms with E-state index in [0.717, 1.165) is 58.5 Å². The molecule has 0 amide bonds. The molecule has 0 radical (unpaired) electrons. The van der Waals surface area contributed by atoms with Gasteiger partial charge in [0, 0.05) is 29.9 Å². The third-order valence-corrected chi connectivity index (χ3v) is 6.21. The summed E-state index contributed by atoms with van der Waals surface area (Å²) in [6.45, 7) is 5.69. The van der Waals surface area contributed by atoms with E-state index in [1.54, 1.807) is 0 Å². The number of hydrogen-bond acceptors (Lipinski definition) is 7. The fourth-order valence-corrected chi connectivity index (χ4v) is 4.61. The summed E-state index contributed by atoms with van der Waals surface area (Å²) in [6.07, 6.45) is 3.45. The third kappa shape index (κ3) is 3.54. The molecule has 2 aliphatic heterocycles. The molecule has 1 aromatic carbocycles. The Morgan fingerprint density at radius 3 is 2.86 bits per heavy atom. The SMILES string of the molecule is CCOC(=O)C1CCN(c2nc(O)c(/C=C3\C(C)=Nc4ccccc43)s2)CC1. The highest BCUT2D eigenvalue weighted by molar-refractivity contribution is 7.16. The number of piperidine rings is 1. The second-order valence-electron chi connectivity index (χ2n) is 6.97. The Hall–Kier alpha value is -2.67. The Morgan fingerprint density at radius 2 is 2.11 bits per heavy atom. The highest BCUT2D eigenvalue weighted by Crippen LogP contribution is 2.40. The van der Waals surface area contributed by atoms with Gasteiger partial charge in [0.2, 0.25) is 5.88 Å². The van der Waals surface area contributed by atoms with Gasteiger partial charge in [-0.3, -0.25) is 9.79 Å². The number of carbonyl (C=O) groups is 1. The summed E-state index contributed by atoms with van der Waals surface area (Å²) in [5, 5.41) is 11.2. The summed E-state index contributed by atoms with van der Waals surface area (Å²) in [5.41, 5.74) is 3.98. The van der Waals surface area contributed by atoms with Crippen LogP contribution in [0.1, 0.15) is 37.1 Å². The fourth-order valence-electron chi connectivity index (χ4n) is 3.66. The van der Waals surface area contributed by atoms with E-state index in [2.05, 4.69) is 14.9 Å². The van der Waals surface area contributed by atoms with Gasteiger partial charge in [-0.1, -0.05) is 29.5 Å². The summed E-state index contributed by atoms with van der Waals surface area (Å²) in [5.74, 6) is -0.110. The molecule has 0 aliphatic carbocycles. The minimum atomic E-state index is -0.107. The quantitative estimate of drug-likeness (QED) is 0.780. The summed E-state index contributed by atoms with van der Waals surface area (Å²) in [6, 6.07) is 8.00. The number of aliphatic imine (C=N–C) groups is 1. The van der Waals surface area contributed by atoms with Crippen LogP contribution in [0.25, 0.3) is 11.6 Å². The van der Waals surface area contributed by atoms with E-state index in [-0.39, 0.29) is 17.8 Å². The number of para-hydroxylation sites is 1. The van der Waals surface area contributed by atoms with Crippen molar-refractivity contribution in [1.82, 2.24) is 4.98 Å². The molecule has 1 N–H and O–H groups in total. The number of esters is 1. The maximum atomic E-state index is 11.9. The van der Waals surface area contributed by atoms with Gasteiger partial charge in [-0.15, -0.1) is 0 Å². The normalized spacial score (nSPS) is 18.3. The molecular formula is C21H23N3O3S. The molecule has 1 fully saturated rings. The van der Waals surface area contributed by atoms with E-state index in [1.165, 1.54) is 11.3 Å². The summed E-state index contributed by atoms with van der Waals surface area (Å²) in [7, 11) is 0. The number of thiazole rings is 1. The predicted molar refractivity (Wildman–Crippen MR) is 112 cm³/mol. The molecule has 2 aliphatic rings. The van der Waals surface area contributed by atoms with Gasteiger partial charge in [-0.25, -0.2) is 0 Å². The maximum absolute atomic E-state index is 11.9. The molecule has 3 heterocycles. The third-order valence-electron chi connectivity index (χ3n) is 5.16. The lowest BCUT2D eigenvalue weighted by atomic mass is 9.97. The Labute approximate surface area is 168 Å². The number of anilines is 1. The zero-order valence-corrected chi connectivity index (χ0v) is 16.8. The van der Waals surface area contributed by atoms with Crippen molar-refractivity contribution in [3.8, 4) is 5.88 Å². The molecule has 7 heteroatoms. The summed E-state index contributed by atoms with van der Waals surface area (Å²) < 4.78 is 5.13. The molecule has 2 aromatic rings. The van der Waals surface area contributed by atoms with Crippen molar-refractivity contribution in [3.63, 3.8) is 0 Å². The van der Waals surface area contributed by atoms with Gasteiger partial charge >= 0.3 is 5.97 Å². The van der Waals surface area contributed by atoms with E-state index in [1.807, 2.05) is 44.2 Å². The number of carbonyl (C=O) groups excluding carboxylic acids is 1. The number of allylic oxidation sites excluding steroid dienone is 1. The molecule has 0 atom stereocenters. The first-order valence-corrected chi connectivity index (χ1v) is 10.4. The van der Waals surface area contributed by atoms with Crippen molar-refractivity contribution >= 4 is 45.5 Å². The van der Waals surface area contributed by atoms with Crippen molar-refractivity contribution in [2.24, 2.45) is 10.9 Å². The number of nitrogens with zero attached hydrogens (tertiary/aromatic N) is 3. The average Bonchev–Trinajstić information content (AvgIpc) is 3.22. The zero-order valence-electron chi connectivity index (χ0n) is 16.0. The molecular weight excluding hydrogens is 374 g/mol. The van der Waals surface area contributed by atoms with Crippen molar-refractivity contribution < 1.29 is 14.6 Å². The highest BCUT2D eigenvalue weighted by Gasteiger charge is 2.28. The largest absolute Gasteiger partial charge is 0.492 e. The van der Waals surface area contributed by atoms with Crippen LogP contribution in [0.5, 0.6) is 5.88 Å². The van der Waals surface area contributed by atoms with Crippen molar-refractivity contribution in [2.45, 2.75) is 26.7 Å². The number of aromatic nitrogens is 1. The van der Waals surface area contributed by atoms with Crippen LogP contribution in [0.2, 0.25) is 0 Å². The van der Waals surface area contributed by atoms with Crippen LogP contribution in [-0.4, -0.2) is 41.5 Å². The van der Waals surface area contributed by atoms with Gasteiger partial charge in [0.15, 0.2) is 5.13 Å². The molecule has 146 valence electrons. The lowest BCUT2D eigenvalue weighted by Crippen LogP contribution is -2.36. The number of fused-ring (bicyclic) bond motifs is 1. The minimum Gasteiger partial charge on any atom is -0.492 e. The van der Waals surface area contributed by atoms with Crippen LogP contribution < -0.4 is 4.90 Å². The molecule has 0 saturated carbocycles. The van der Waals surface area contributed by atoms with Crippen LogP contribution in [0.3, 0.4) is 0 Å². The number of benzene rings is 1. The van der Waals surface area contributed by atoms with Gasteiger partial charge < -0.3 is 14.7 Å².